The van der Waals surface area contributed by atoms with Crippen LogP contribution < -0.4 is 10.9 Å². The maximum atomic E-state index is 11.7. The predicted octanol–water partition coefficient (Wildman–Crippen LogP) is 1.27. The van der Waals surface area contributed by atoms with Gasteiger partial charge >= 0.3 is 0 Å². The van der Waals surface area contributed by atoms with E-state index in [2.05, 4.69) is 26.9 Å². The molecule has 0 unspecified atom stereocenters. The van der Waals surface area contributed by atoms with Gasteiger partial charge < -0.3 is 5.32 Å². The van der Waals surface area contributed by atoms with Gasteiger partial charge in [-0.15, -0.1) is 5.10 Å². The Hall–Kier alpha value is -1.76. The van der Waals surface area contributed by atoms with Crippen LogP contribution >= 0.6 is 11.5 Å². The number of hydrogen-bond donors (Lipinski definition) is 1. The highest BCUT2D eigenvalue weighted by molar-refractivity contribution is 7.10. The Labute approximate surface area is 109 Å². The normalized spacial score (nSPS) is 10.6. The van der Waals surface area contributed by atoms with Crippen molar-refractivity contribution in [1.29, 1.82) is 0 Å². The van der Waals surface area contributed by atoms with Crippen LogP contribution in [0.2, 0.25) is 0 Å². The predicted molar refractivity (Wildman–Crippen MR) is 71.0 cm³/mol. The van der Waals surface area contributed by atoms with E-state index < -0.39 is 0 Å². The molecule has 0 saturated carbocycles. The van der Waals surface area contributed by atoms with Gasteiger partial charge in [-0.05, 0) is 19.4 Å². The second-order valence-electron chi connectivity index (χ2n) is 3.95. The lowest BCUT2D eigenvalue weighted by Gasteiger charge is -2.05. The van der Waals surface area contributed by atoms with Crippen molar-refractivity contribution in [3.05, 3.63) is 33.9 Å². The highest BCUT2D eigenvalue weighted by Gasteiger charge is 2.09. The Morgan fingerprint density at radius 3 is 3.06 bits per heavy atom. The number of nitrogens with one attached hydrogen (secondary N) is 1. The summed E-state index contributed by atoms with van der Waals surface area (Å²) in [5.74, 6) is 0. The van der Waals surface area contributed by atoms with E-state index in [1.165, 1.54) is 22.3 Å². The van der Waals surface area contributed by atoms with E-state index >= 15 is 0 Å². The van der Waals surface area contributed by atoms with Gasteiger partial charge in [0.15, 0.2) is 0 Å². The third kappa shape index (κ3) is 2.92. The fourth-order valence-corrected chi connectivity index (χ4v) is 2.09. The quantitative estimate of drug-likeness (QED) is 0.881. The average Bonchev–Trinajstić information content (AvgIpc) is 2.79. The number of rotatable bonds is 5. The highest BCUT2D eigenvalue weighted by atomic mass is 32.1. The van der Waals surface area contributed by atoms with Crippen molar-refractivity contribution >= 4 is 16.5 Å². The Kier molecular flexibility index (Phi) is 4.03. The average molecular weight is 265 g/mol. The molecule has 0 aliphatic carbocycles. The largest absolute Gasteiger partial charge is 0.374 e. The molecule has 1 N–H and O–H groups in total. The zero-order valence-electron chi connectivity index (χ0n) is 10.4. The van der Waals surface area contributed by atoms with Crippen molar-refractivity contribution in [2.75, 3.05) is 11.9 Å². The highest BCUT2D eigenvalue weighted by Crippen LogP contribution is 2.17. The van der Waals surface area contributed by atoms with E-state index in [1.54, 1.807) is 6.07 Å². The van der Waals surface area contributed by atoms with Gasteiger partial charge in [-0.1, -0.05) is 11.4 Å². The van der Waals surface area contributed by atoms with E-state index in [1.807, 2.05) is 6.92 Å². The lowest BCUT2D eigenvalue weighted by Crippen LogP contribution is -2.23. The molecule has 0 bridgehead atoms. The van der Waals surface area contributed by atoms with Crippen LogP contribution in [0.25, 0.3) is 0 Å². The summed E-state index contributed by atoms with van der Waals surface area (Å²) in [4.78, 5) is 11.7. The molecule has 0 amide bonds. The molecular formula is C11H15N5OS. The van der Waals surface area contributed by atoms with Crippen molar-refractivity contribution in [3.63, 3.8) is 0 Å². The van der Waals surface area contributed by atoms with Gasteiger partial charge in [0, 0.05) is 24.1 Å². The van der Waals surface area contributed by atoms with Crippen LogP contribution in [0, 0.1) is 6.92 Å². The van der Waals surface area contributed by atoms with Gasteiger partial charge in [-0.25, -0.2) is 4.68 Å². The Bertz CT molecular complexity index is 577. The van der Waals surface area contributed by atoms with Crippen molar-refractivity contribution in [2.24, 2.45) is 0 Å². The first-order chi connectivity index (χ1) is 8.70. The van der Waals surface area contributed by atoms with Gasteiger partial charge in [0.1, 0.15) is 10.7 Å². The fraction of sp³-hybridized carbons (Fsp3) is 0.455. The van der Waals surface area contributed by atoms with E-state index in [0.717, 1.165) is 29.4 Å². The number of hydrogen-bond acceptors (Lipinski definition) is 6. The van der Waals surface area contributed by atoms with E-state index in [0.29, 0.717) is 6.54 Å². The molecule has 0 aromatic carbocycles. The van der Waals surface area contributed by atoms with Crippen LogP contribution in [0.1, 0.15) is 24.7 Å². The second kappa shape index (κ2) is 5.72. The molecule has 96 valence electrons. The van der Waals surface area contributed by atoms with Crippen LogP contribution in [0.3, 0.4) is 0 Å². The summed E-state index contributed by atoms with van der Waals surface area (Å²) in [5.41, 5.74) is 1.43. The van der Waals surface area contributed by atoms with Crippen LogP contribution in [-0.2, 0) is 6.54 Å². The maximum absolute atomic E-state index is 11.7. The van der Waals surface area contributed by atoms with E-state index in [9.17, 15) is 4.79 Å². The van der Waals surface area contributed by atoms with E-state index in [4.69, 9.17) is 0 Å². The van der Waals surface area contributed by atoms with Crippen LogP contribution in [0.5, 0.6) is 0 Å². The molecule has 0 aliphatic heterocycles. The third-order valence-corrected chi connectivity index (χ3v) is 3.12. The molecule has 0 atom stereocenters. The molecule has 2 aromatic rings. The topological polar surface area (TPSA) is 72.7 Å². The summed E-state index contributed by atoms with van der Waals surface area (Å²) in [6.07, 6.45) is 1.03. The van der Waals surface area contributed by atoms with Crippen LogP contribution in [0.4, 0.5) is 5.00 Å². The summed E-state index contributed by atoms with van der Waals surface area (Å²) < 4.78 is 5.32. The molecule has 7 heteroatoms. The molecule has 6 nitrogen and oxygen atoms in total. The molecule has 0 saturated heterocycles. The molecule has 18 heavy (non-hydrogen) atoms. The summed E-state index contributed by atoms with van der Waals surface area (Å²) in [7, 11) is 0. The lowest BCUT2D eigenvalue weighted by molar-refractivity contribution is 0.617. The van der Waals surface area contributed by atoms with Crippen LogP contribution in [0.15, 0.2) is 16.9 Å². The minimum absolute atomic E-state index is 0.130. The summed E-state index contributed by atoms with van der Waals surface area (Å²) in [6, 6.07) is 3.22. The minimum Gasteiger partial charge on any atom is -0.374 e. The smallest absolute Gasteiger partial charge is 0.267 e. The molecule has 2 heterocycles. The standard InChI is InChI=1S/C11H15N5OS/c1-3-6-12-11-9(13-15-18-11)7-16-10(17)5-4-8(2)14-16/h4-5,12H,3,6-7H2,1-2H3. The molecule has 0 fully saturated rings. The Morgan fingerprint density at radius 2 is 2.28 bits per heavy atom. The molecule has 0 aliphatic rings. The zero-order valence-corrected chi connectivity index (χ0v) is 11.2. The minimum atomic E-state index is -0.130. The first-order valence-corrected chi connectivity index (χ1v) is 6.58. The summed E-state index contributed by atoms with van der Waals surface area (Å²) >= 11 is 1.30. The monoisotopic (exact) mass is 265 g/mol. The van der Waals surface area contributed by atoms with E-state index in [-0.39, 0.29) is 5.56 Å². The van der Waals surface area contributed by atoms with Gasteiger partial charge in [0.25, 0.3) is 5.56 Å². The van der Waals surface area contributed by atoms with Gasteiger partial charge in [-0.3, -0.25) is 4.79 Å². The SMILES string of the molecule is CCCNc1snnc1Cn1nc(C)ccc1=O. The first kappa shape index (κ1) is 12.7. The van der Waals surface area contributed by atoms with Crippen molar-refractivity contribution < 1.29 is 0 Å². The van der Waals surface area contributed by atoms with Crippen molar-refractivity contribution in [3.8, 4) is 0 Å². The molecule has 0 radical (unpaired) electrons. The molecule has 2 aromatic heterocycles. The number of aryl methyl sites for hydroxylation is 1. The third-order valence-electron chi connectivity index (χ3n) is 2.39. The Morgan fingerprint density at radius 1 is 1.44 bits per heavy atom. The van der Waals surface area contributed by atoms with Gasteiger partial charge in [0.2, 0.25) is 0 Å². The van der Waals surface area contributed by atoms with Crippen LogP contribution in [-0.4, -0.2) is 25.9 Å². The molecule has 2 rings (SSSR count). The Balaban J connectivity index is 2.20. The fourth-order valence-electron chi connectivity index (χ4n) is 1.49. The van der Waals surface area contributed by atoms with Gasteiger partial charge in [-0.2, -0.15) is 5.10 Å². The zero-order chi connectivity index (χ0) is 13.0. The van der Waals surface area contributed by atoms with Crippen molar-refractivity contribution in [2.45, 2.75) is 26.8 Å². The van der Waals surface area contributed by atoms with Gasteiger partial charge in [0.05, 0.1) is 12.2 Å². The lowest BCUT2D eigenvalue weighted by atomic mass is 10.4. The number of aromatic nitrogens is 4. The molecule has 0 spiro atoms. The number of nitrogens with zero attached hydrogens (tertiary/aromatic N) is 4. The maximum Gasteiger partial charge on any atom is 0.267 e. The first-order valence-electron chi connectivity index (χ1n) is 5.80. The second-order valence-corrected chi connectivity index (χ2v) is 4.70. The van der Waals surface area contributed by atoms with Crippen molar-refractivity contribution in [1.82, 2.24) is 19.4 Å². The number of anilines is 1. The summed E-state index contributed by atoms with van der Waals surface area (Å²) in [5, 5.41) is 12.4. The summed E-state index contributed by atoms with van der Waals surface area (Å²) in [6.45, 7) is 5.16. The molecular weight excluding hydrogens is 250 g/mol.